The molecule has 2 rings (SSSR count). The lowest BCUT2D eigenvalue weighted by Gasteiger charge is -2.39. The van der Waals surface area contributed by atoms with E-state index < -0.39 is 42.5 Å². The molecule has 0 radical (unpaired) electrons. The van der Waals surface area contributed by atoms with Crippen LogP contribution < -0.4 is 4.74 Å². The van der Waals surface area contributed by atoms with Gasteiger partial charge in [-0.3, -0.25) is 14.4 Å². The number of carbonyl (C=O) groups is 3. The van der Waals surface area contributed by atoms with E-state index in [4.69, 9.17) is 23.7 Å². The zero-order valence-corrected chi connectivity index (χ0v) is 18.3. The number of hydrogen-bond donors (Lipinski definition) is 0. The van der Waals surface area contributed by atoms with E-state index in [0.29, 0.717) is 5.75 Å². The number of carbonyl (C=O) groups excluding carboxylic acids is 3. The lowest BCUT2D eigenvalue weighted by molar-refractivity contribution is -0.245. The molecule has 1 fully saturated rings. The zero-order chi connectivity index (χ0) is 22.5. The molecule has 0 aromatic heterocycles. The van der Waals surface area contributed by atoms with Gasteiger partial charge >= 0.3 is 17.9 Å². The molecule has 166 valence electrons. The van der Waals surface area contributed by atoms with E-state index in [-0.39, 0.29) is 18.4 Å². The van der Waals surface area contributed by atoms with Gasteiger partial charge in [0.05, 0.1) is 6.42 Å². The first-order valence-electron chi connectivity index (χ1n) is 9.86. The molecule has 1 heterocycles. The van der Waals surface area contributed by atoms with Gasteiger partial charge in [-0.05, 0) is 23.1 Å². The minimum atomic E-state index is -0.922. The standard InChI is InChI=1S/C22H30O8/c1-13(23)26-12-19-21(28-15(3)25)18(27-14(2)24)11-20(30-19)29-17-9-7-16(8-10-17)22(4,5)6/h7-10,18-21H,11-12H2,1-6H3/t18-,19-,20?,21-/m1/s1. The van der Waals surface area contributed by atoms with Crippen LogP contribution in [0.25, 0.3) is 0 Å². The number of benzene rings is 1. The highest BCUT2D eigenvalue weighted by atomic mass is 16.7. The Morgan fingerprint density at radius 3 is 2.07 bits per heavy atom. The van der Waals surface area contributed by atoms with Gasteiger partial charge in [0.1, 0.15) is 24.6 Å². The summed E-state index contributed by atoms with van der Waals surface area (Å²) in [6.07, 6.45) is -3.22. The minimum Gasteiger partial charge on any atom is -0.465 e. The molecule has 8 nitrogen and oxygen atoms in total. The summed E-state index contributed by atoms with van der Waals surface area (Å²) in [6.45, 7) is 9.95. The first-order valence-corrected chi connectivity index (χ1v) is 9.86. The number of esters is 3. The van der Waals surface area contributed by atoms with Gasteiger partial charge in [0.2, 0.25) is 6.29 Å². The molecular weight excluding hydrogens is 392 g/mol. The Morgan fingerprint density at radius 1 is 0.967 bits per heavy atom. The van der Waals surface area contributed by atoms with Gasteiger partial charge in [-0.25, -0.2) is 0 Å². The fraction of sp³-hybridized carbons (Fsp3) is 0.591. The molecule has 0 N–H and O–H groups in total. The number of ether oxygens (including phenoxy) is 5. The van der Waals surface area contributed by atoms with Crippen LogP contribution in [0.5, 0.6) is 5.75 Å². The van der Waals surface area contributed by atoms with E-state index in [1.165, 1.54) is 20.8 Å². The van der Waals surface area contributed by atoms with Gasteiger partial charge in [-0.15, -0.1) is 0 Å². The summed E-state index contributed by atoms with van der Waals surface area (Å²) in [4.78, 5) is 34.4. The van der Waals surface area contributed by atoms with Gasteiger partial charge in [0.15, 0.2) is 6.10 Å². The summed E-state index contributed by atoms with van der Waals surface area (Å²) >= 11 is 0. The molecular formula is C22H30O8. The topological polar surface area (TPSA) is 97.4 Å². The summed E-state index contributed by atoms with van der Waals surface area (Å²) < 4.78 is 27.5. The van der Waals surface area contributed by atoms with Crippen LogP contribution in [0.2, 0.25) is 0 Å². The zero-order valence-electron chi connectivity index (χ0n) is 18.3. The van der Waals surface area contributed by atoms with Crippen LogP contribution in [0.4, 0.5) is 0 Å². The Balaban J connectivity index is 2.19. The Bertz CT molecular complexity index is 749. The maximum absolute atomic E-state index is 11.6. The predicted octanol–water partition coefficient (Wildman–Crippen LogP) is 2.90. The van der Waals surface area contributed by atoms with Crippen molar-refractivity contribution in [3.8, 4) is 5.75 Å². The lowest BCUT2D eigenvalue weighted by Crippen LogP contribution is -2.54. The molecule has 1 aromatic rings. The number of hydrogen-bond acceptors (Lipinski definition) is 8. The minimum absolute atomic E-state index is 0.00661. The van der Waals surface area contributed by atoms with E-state index in [9.17, 15) is 14.4 Å². The van der Waals surface area contributed by atoms with Crippen LogP contribution in [-0.4, -0.2) is 49.1 Å². The molecule has 0 amide bonds. The molecule has 0 aliphatic carbocycles. The van der Waals surface area contributed by atoms with Gasteiger partial charge < -0.3 is 23.7 Å². The monoisotopic (exact) mass is 422 g/mol. The molecule has 4 atom stereocenters. The van der Waals surface area contributed by atoms with E-state index in [2.05, 4.69) is 20.8 Å². The van der Waals surface area contributed by atoms with Crippen molar-refractivity contribution in [3.05, 3.63) is 29.8 Å². The highest BCUT2D eigenvalue weighted by Gasteiger charge is 2.44. The maximum atomic E-state index is 11.6. The molecule has 0 bridgehead atoms. The third kappa shape index (κ3) is 7.02. The average molecular weight is 422 g/mol. The summed E-state index contributed by atoms with van der Waals surface area (Å²) in [5, 5.41) is 0. The molecule has 0 saturated carbocycles. The second-order valence-corrected chi connectivity index (χ2v) is 8.26. The van der Waals surface area contributed by atoms with Crippen LogP contribution in [0, 0.1) is 0 Å². The summed E-state index contributed by atoms with van der Waals surface area (Å²) in [7, 11) is 0. The Hall–Kier alpha value is -2.61. The first-order chi connectivity index (χ1) is 14.0. The third-order valence-electron chi connectivity index (χ3n) is 4.54. The van der Waals surface area contributed by atoms with Crippen molar-refractivity contribution in [2.45, 2.75) is 78.0 Å². The molecule has 1 saturated heterocycles. The van der Waals surface area contributed by atoms with Crippen molar-refractivity contribution < 1.29 is 38.1 Å². The lowest BCUT2D eigenvalue weighted by atomic mass is 9.87. The Kier molecular flexibility index (Phi) is 7.83. The fourth-order valence-electron chi connectivity index (χ4n) is 3.16. The second-order valence-electron chi connectivity index (χ2n) is 8.26. The van der Waals surface area contributed by atoms with Crippen LogP contribution >= 0.6 is 0 Å². The van der Waals surface area contributed by atoms with Crippen molar-refractivity contribution in [1.29, 1.82) is 0 Å². The number of rotatable bonds is 6. The van der Waals surface area contributed by atoms with Crippen LogP contribution in [0.1, 0.15) is 53.5 Å². The fourth-order valence-corrected chi connectivity index (χ4v) is 3.16. The molecule has 8 heteroatoms. The third-order valence-corrected chi connectivity index (χ3v) is 4.54. The van der Waals surface area contributed by atoms with Crippen molar-refractivity contribution in [1.82, 2.24) is 0 Å². The summed E-state index contributed by atoms with van der Waals surface area (Å²) in [5.41, 5.74) is 1.16. The molecule has 30 heavy (non-hydrogen) atoms. The predicted molar refractivity (Wildman–Crippen MR) is 107 cm³/mol. The smallest absolute Gasteiger partial charge is 0.303 e. The quantitative estimate of drug-likeness (QED) is 0.510. The molecule has 0 spiro atoms. The summed E-state index contributed by atoms with van der Waals surface area (Å²) in [6, 6.07) is 7.62. The van der Waals surface area contributed by atoms with Gasteiger partial charge in [0, 0.05) is 20.8 Å². The van der Waals surface area contributed by atoms with Crippen molar-refractivity contribution >= 4 is 17.9 Å². The van der Waals surface area contributed by atoms with Crippen LogP contribution in [0.3, 0.4) is 0 Å². The molecule has 1 aliphatic rings. The van der Waals surface area contributed by atoms with Gasteiger partial charge in [0.25, 0.3) is 0 Å². The highest BCUT2D eigenvalue weighted by Crippen LogP contribution is 2.29. The van der Waals surface area contributed by atoms with Crippen molar-refractivity contribution in [2.75, 3.05) is 6.61 Å². The van der Waals surface area contributed by atoms with Gasteiger partial charge in [-0.2, -0.15) is 0 Å². The Labute approximate surface area is 176 Å². The SMILES string of the molecule is CC(=O)OC[C@H]1OC(Oc2ccc(C(C)(C)C)cc2)C[C@@H](OC(C)=O)[C@H]1OC(C)=O. The van der Waals surface area contributed by atoms with Crippen molar-refractivity contribution in [3.63, 3.8) is 0 Å². The average Bonchev–Trinajstić information content (AvgIpc) is 2.61. The van der Waals surface area contributed by atoms with E-state index >= 15 is 0 Å². The molecule has 1 unspecified atom stereocenters. The highest BCUT2D eigenvalue weighted by molar-refractivity contribution is 5.67. The summed E-state index contributed by atoms with van der Waals surface area (Å²) in [5.74, 6) is -1.03. The first kappa shape index (κ1) is 23.7. The van der Waals surface area contributed by atoms with E-state index in [1.54, 1.807) is 0 Å². The largest absolute Gasteiger partial charge is 0.465 e. The Morgan fingerprint density at radius 2 is 1.57 bits per heavy atom. The molecule has 1 aromatic carbocycles. The normalized spacial score (nSPS) is 23.9. The van der Waals surface area contributed by atoms with Crippen LogP contribution in [0.15, 0.2) is 24.3 Å². The second kappa shape index (κ2) is 9.93. The maximum Gasteiger partial charge on any atom is 0.303 e. The van der Waals surface area contributed by atoms with Crippen molar-refractivity contribution in [2.24, 2.45) is 0 Å². The van der Waals surface area contributed by atoms with Gasteiger partial charge in [-0.1, -0.05) is 32.9 Å². The van der Waals surface area contributed by atoms with Crippen LogP contribution in [-0.2, 0) is 38.7 Å². The molecule has 1 aliphatic heterocycles. The van der Waals surface area contributed by atoms with E-state index in [0.717, 1.165) is 5.56 Å². The van der Waals surface area contributed by atoms with E-state index in [1.807, 2.05) is 24.3 Å².